The van der Waals surface area contributed by atoms with Crippen LogP contribution < -0.4 is 9.64 Å². The summed E-state index contributed by atoms with van der Waals surface area (Å²) in [4.78, 5) is 9.30. The second-order valence-corrected chi connectivity index (χ2v) is 7.99. The molecule has 2 saturated heterocycles. The Morgan fingerprint density at radius 3 is 2.43 bits per heavy atom. The van der Waals surface area contributed by atoms with Gasteiger partial charge in [0, 0.05) is 30.7 Å². The number of aromatic nitrogens is 2. The van der Waals surface area contributed by atoms with Gasteiger partial charge in [-0.15, -0.1) is 13.2 Å². The minimum atomic E-state index is -4.74. The summed E-state index contributed by atoms with van der Waals surface area (Å²) in [6.45, 7) is 4.19. The molecule has 1 aromatic carbocycles. The van der Waals surface area contributed by atoms with Gasteiger partial charge in [-0.25, -0.2) is 0 Å². The first-order valence-electron chi connectivity index (χ1n) is 9.67. The van der Waals surface area contributed by atoms with E-state index >= 15 is 0 Å². The molecule has 4 rings (SSSR count). The SMILES string of the molecule is FC(F)(F)Oc1ccccc1-c1nsc(N2CCC(N3CCCCC3)CC2)n1. The lowest BCUT2D eigenvalue weighted by Crippen LogP contribution is -2.46. The van der Waals surface area contributed by atoms with Crippen molar-refractivity contribution in [3.05, 3.63) is 24.3 Å². The molecule has 0 radical (unpaired) electrons. The number of nitrogens with zero attached hydrogens (tertiary/aromatic N) is 4. The molecule has 0 saturated carbocycles. The molecular weight excluding hydrogens is 389 g/mol. The van der Waals surface area contributed by atoms with E-state index in [-0.39, 0.29) is 17.1 Å². The van der Waals surface area contributed by atoms with Gasteiger partial charge < -0.3 is 14.5 Å². The number of halogens is 3. The molecule has 0 atom stereocenters. The zero-order valence-electron chi connectivity index (χ0n) is 15.5. The van der Waals surface area contributed by atoms with Gasteiger partial charge in [-0.3, -0.25) is 0 Å². The molecule has 0 spiro atoms. The third-order valence-corrected chi connectivity index (χ3v) is 6.19. The normalized spacial score (nSPS) is 19.8. The van der Waals surface area contributed by atoms with Crippen molar-refractivity contribution in [1.82, 2.24) is 14.3 Å². The lowest BCUT2D eigenvalue weighted by molar-refractivity contribution is -0.274. The average molecular weight is 412 g/mol. The zero-order chi connectivity index (χ0) is 19.6. The first-order valence-corrected chi connectivity index (χ1v) is 10.4. The Bertz CT molecular complexity index is 783. The Morgan fingerprint density at radius 1 is 1.00 bits per heavy atom. The van der Waals surface area contributed by atoms with Crippen LogP contribution in [0.3, 0.4) is 0 Å². The molecule has 5 nitrogen and oxygen atoms in total. The number of anilines is 1. The lowest BCUT2D eigenvalue weighted by atomic mass is 10.0. The van der Waals surface area contributed by atoms with Crippen LogP contribution in [0.5, 0.6) is 5.75 Å². The highest BCUT2D eigenvalue weighted by atomic mass is 32.1. The molecule has 3 heterocycles. The Morgan fingerprint density at radius 2 is 1.71 bits per heavy atom. The summed E-state index contributed by atoms with van der Waals surface area (Å²) in [6.07, 6.45) is 1.35. The van der Waals surface area contributed by atoms with Gasteiger partial charge in [0.2, 0.25) is 5.13 Å². The van der Waals surface area contributed by atoms with Crippen LogP contribution in [0.25, 0.3) is 11.4 Å². The fourth-order valence-corrected chi connectivity index (χ4v) is 4.76. The molecule has 152 valence electrons. The molecule has 2 fully saturated rings. The first kappa shape index (κ1) is 19.4. The van der Waals surface area contributed by atoms with E-state index in [0.29, 0.717) is 6.04 Å². The third-order valence-electron chi connectivity index (χ3n) is 5.41. The second-order valence-electron chi connectivity index (χ2n) is 7.26. The summed E-state index contributed by atoms with van der Waals surface area (Å²) in [7, 11) is 0. The number of benzene rings is 1. The molecule has 0 N–H and O–H groups in total. The van der Waals surface area contributed by atoms with E-state index in [9.17, 15) is 13.2 Å². The third kappa shape index (κ3) is 4.57. The molecule has 2 aliphatic rings. The van der Waals surface area contributed by atoms with Gasteiger partial charge in [-0.05, 0) is 50.9 Å². The van der Waals surface area contributed by atoms with Crippen LogP contribution in [0.1, 0.15) is 32.1 Å². The highest BCUT2D eigenvalue weighted by Crippen LogP contribution is 2.34. The minimum absolute atomic E-state index is 0.255. The van der Waals surface area contributed by atoms with Crippen LogP contribution in [0, 0.1) is 0 Å². The molecule has 0 unspecified atom stereocenters. The molecule has 28 heavy (non-hydrogen) atoms. The monoisotopic (exact) mass is 412 g/mol. The summed E-state index contributed by atoms with van der Waals surface area (Å²) in [5, 5.41) is 0.758. The maximum Gasteiger partial charge on any atom is 0.573 e. The number of para-hydroxylation sites is 1. The predicted molar refractivity (Wildman–Crippen MR) is 103 cm³/mol. The van der Waals surface area contributed by atoms with Gasteiger partial charge in [0.05, 0.1) is 5.56 Å². The number of rotatable bonds is 4. The summed E-state index contributed by atoms with van der Waals surface area (Å²) >= 11 is 1.23. The van der Waals surface area contributed by atoms with Crippen molar-refractivity contribution < 1.29 is 17.9 Å². The Hall–Kier alpha value is -1.87. The highest BCUT2D eigenvalue weighted by Gasteiger charge is 2.33. The van der Waals surface area contributed by atoms with Crippen molar-refractivity contribution in [3.63, 3.8) is 0 Å². The average Bonchev–Trinajstić information content (AvgIpc) is 3.18. The molecular formula is C19H23F3N4OS. The summed E-state index contributed by atoms with van der Waals surface area (Å²) < 4.78 is 46.4. The Balaban J connectivity index is 1.43. The van der Waals surface area contributed by atoms with Gasteiger partial charge in [0.1, 0.15) is 5.75 Å². The number of ether oxygens (including phenoxy) is 1. The smallest absolute Gasteiger partial charge is 0.405 e. The van der Waals surface area contributed by atoms with Crippen LogP contribution in [-0.2, 0) is 0 Å². The summed E-state index contributed by atoms with van der Waals surface area (Å²) in [6, 6.07) is 6.63. The van der Waals surface area contributed by atoms with Gasteiger partial charge in [-0.1, -0.05) is 18.6 Å². The highest BCUT2D eigenvalue weighted by molar-refractivity contribution is 7.09. The van der Waals surface area contributed by atoms with Crippen molar-refractivity contribution in [3.8, 4) is 17.1 Å². The Labute approximate surface area is 166 Å². The van der Waals surface area contributed by atoms with E-state index in [1.54, 1.807) is 12.1 Å². The van der Waals surface area contributed by atoms with E-state index in [0.717, 1.165) is 31.1 Å². The van der Waals surface area contributed by atoms with Crippen molar-refractivity contribution >= 4 is 16.7 Å². The maximum atomic E-state index is 12.7. The number of hydrogen-bond donors (Lipinski definition) is 0. The van der Waals surface area contributed by atoms with Crippen molar-refractivity contribution in [1.29, 1.82) is 0 Å². The van der Waals surface area contributed by atoms with E-state index in [4.69, 9.17) is 0 Å². The quantitative estimate of drug-likeness (QED) is 0.737. The summed E-state index contributed by atoms with van der Waals surface area (Å²) in [5.41, 5.74) is 0.255. The predicted octanol–water partition coefficient (Wildman–Crippen LogP) is 4.56. The Kier molecular flexibility index (Phi) is 5.73. The van der Waals surface area contributed by atoms with Gasteiger partial charge >= 0.3 is 6.36 Å². The number of likely N-dealkylation sites (tertiary alicyclic amines) is 1. The fourth-order valence-electron chi connectivity index (χ4n) is 4.02. The first-order chi connectivity index (χ1) is 13.5. The summed E-state index contributed by atoms with van der Waals surface area (Å²) in [5.74, 6) is 0.00107. The molecule has 0 bridgehead atoms. The minimum Gasteiger partial charge on any atom is -0.405 e. The molecule has 1 aromatic heterocycles. The molecule has 0 amide bonds. The molecule has 2 aromatic rings. The standard InChI is InChI=1S/C19H23F3N4OS/c20-19(21,22)27-16-7-3-2-6-15(16)17-23-18(28-24-17)26-12-8-14(9-13-26)25-10-4-1-5-11-25/h2-3,6-7,14H,1,4-5,8-13H2. The van der Waals surface area contributed by atoms with Gasteiger partial charge in [0.25, 0.3) is 0 Å². The van der Waals surface area contributed by atoms with Crippen LogP contribution in [-0.4, -0.2) is 52.8 Å². The number of piperidine rings is 2. The second kappa shape index (κ2) is 8.24. The molecule has 0 aliphatic carbocycles. The van der Waals surface area contributed by atoms with E-state index < -0.39 is 6.36 Å². The van der Waals surface area contributed by atoms with Crippen molar-refractivity contribution in [2.24, 2.45) is 0 Å². The van der Waals surface area contributed by atoms with Crippen molar-refractivity contribution in [2.75, 3.05) is 31.1 Å². The topological polar surface area (TPSA) is 41.5 Å². The lowest BCUT2D eigenvalue weighted by Gasteiger charge is -2.40. The fraction of sp³-hybridized carbons (Fsp3) is 0.579. The molecule has 2 aliphatic heterocycles. The van der Waals surface area contributed by atoms with Crippen LogP contribution in [0.15, 0.2) is 24.3 Å². The van der Waals surface area contributed by atoms with Crippen LogP contribution in [0.2, 0.25) is 0 Å². The zero-order valence-corrected chi connectivity index (χ0v) is 16.3. The van der Waals surface area contributed by atoms with E-state index in [1.807, 2.05) is 0 Å². The van der Waals surface area contributed by atoms with Gasteiger partial charge in [0.15, 0.2) is 5.82 Å². The number of hydrogen-bond acceptors (Lipinski definition) is 6. The van der Waals surface area contributed by atoms with Crippen LogP contribution >= 0.6 is 11.5 Å². The van der Waals surface area contributed by atoms with Crippen molar-refractivity contribution in [2.45, 2.75) is 44.5 Å². The molecule has 9 heteroatoms. The van der Waals surface area contributed by atoms with E-state index in [1.165, 1.54) is 56.0 Å². The maximum absolute atomic E-state index is 12.7. The van der Waals surface area contributed by atoms with Crippen LogP contribution in [0.4, 0.5) is 18.3 Å². The number of alkyl halides is 3. The van der Waals surface area contributed by atoms with Gasteiger partial charge in [-0.2, -0.15) is 9.36 Å². The van der Waals surface area contributed by atoms with E-state index in [2.05, 4.69) is 23.9 Å². The largest absolute Gasteiger partial charge is 0.573 e.